The van der Waals surface area contributed by atoms with E-state index in [1.165, 1.54) is 16.8 Å². The van der Waals surface area contributed by atoms with Crippen LogP contribution in [0.3, 0.4) is 0 Å². The van der Waals surface area contributed by atoms with Crippen LogP contribution in [0.5, 0.6) is 17.2 Å². The van der Waals surface area contributed by atoms with Gasteiger partial charge in [0.15, 0.2) is 5.84 Å². The van der Waals surface area contributed by atoms with Crippen molar-refractivity contribution in [2.75, 3.05) is 20.3 Å². The molecule has 34 heavy (non-hydrogen) atoms. The number of methoxy groups -OCH3 is 1. The first kappa shape index (κ1) is 23.8. The number of halogens is 1. The Kier molecular flexibility index (Phi) is 7.23. The quantitative estimate of drug-likeness (QED) is 0.402. The van der Waals surface area contributed by atoms with Gasteiger partial charge in [-0.2, -0.15) is 15.1 Å². The lowest BCUT2D eigenvalue weighted by Crippen LogP contribution is -2.35. The van der Waals surface area contributed by atoms with Crippen LogP contribution in [0, 0.1) is 11.3 Å². The fourth-order valence-electron chi connectivity index (χ4n) is 3.16. The molecule has 0 spiro atoms. The smallest absolute Gasteiger partial charge is 0.283 e. The second-order valence-electron chi connectivity index (χ2n) is 7.67. The molecule has 8 nitrogen and oxygen atoms in total. The van der Waals surface area contributed by atoms with Gasteiger partial charge in [0.1, 0.15) is 35.5 Å². The van der Waals surface area contributed by atoms with Gasteiger partial charge in [-0.15, -0.1) is 0 Å². The number of nitrogens with zero attached hydrogens (tertiary/aromatic N) is 3. The Morgan fingerprint density at radius 1 is 1.15 bits per heavy atom. The first-order valence-electron chi connectivity index (χ1n) is 10.5. The van der Waals surface area contributed by atoms with Gasteiger partial charge in [0, 0.05) is 22.6 Å². The van der Waals surface area contributed by atoms with E-state index in [1.54, 1.807) is 37.5 Å². The predicted octanol–water partition coefficient (Wildman–Crippen LogP) is 5.08. The largest absolute Gasteiger partial charge is 0.497 e. The maximum absolute atomic E-state index is 12.7. The van der Waals surface area contributed by atoms with Crippen LogP contribution in [0.1, 0.15) is 19.4 Å². The second kappa shape index (κ2) is 10.3. The van der Waals surface area contributed by atoms with Gasteiger partial charge in [-0.25, -0.2) is 0 Å². The number of amidine groups is 2. The zero-order valence-corrected chi connectivity index (χ0v) is 20.4. The number of carbonyl (C=O) groups is 1. The summed E-state index contributed by atoms with van der Waals surface area (Å²) in [4.78, 5) is 16.8. The monoisotopic (exact) mass is 498 g/mol. The van der Waals surface area contributed by atoms with Gasteiger partial charge in [0.2, 0.25) is 5.17 Å². The van der Waals surface area contributed by atoms with Crippen LogP contribution in [0.25, 0.3) is 6.08 Å². The molecule has 0 saturated carbocycles. The van der Waals surface area contributed by atoms with E-state index in [0.29, 0.717) is 39.6 Å². The summed E-state index contributed by atoms with van der Waals surface area (Å²) >= 11 is 7.50. The van der Waals surface area contributed by atoms with Gasteiger partial charge in [-0.1, -0.05) is 31.5 Å². The lowest BCUT2D eigenvalue weighted by atomic mass is 10.1. The van der Waals surface area contributed by atoms with Crippen molar-refractivity contribution < 1.29 is 19.0 Å². The zero-order valence-electron chi connectivity index (χ0n) is 18.9. The third-order valence-corrected chi connectivity index (χ3v) is 6.33. The average molecular weight is 499 g/mol. The number of carbonyl (C=O) groups excluding carboxylic acids is 1. The van der Waals surface area contributed by atoms with Crippen LogP contribution in [0.4, 0.5) is 0 Å². The third kappa shape index (κ3) is 5.26. The van der Waals surface area contributed by atoms with E-state index in [2.05, 4.69) is 10.1 Å². The SMILES string of the molecule is COc1cccc(OCCOc2ccc(Cl)cc2C=C2C(=N)N3N=C(C(C)C)SC3=NC2=O)c1. The fraction of sp³-hybridized carbons (Fsp3) is 0.250. The Morgan fingerprint density at radius 3 is 2.68 bits per heavy atom. The number of amides is 1. The van der Waals surface area contributed by atoms with Crippen molar-refractivity contribution in [3.63, 3.8) is 0 Å². The minimum absolute atomic E-state index is 0.0366. The van der Waals surface area contributed by atoms with Gasteiger partial charge in [-0.05, 0) is 48.2 Å². The number of hydrogen-bond acceptors (Lipinski definition) is 7. The lowest BCUT2D eigenvalue weighted by Gasteiger charge is -2.20. The van der Waals surface area contributed by atoms with Crippen LogP contribution in [-0.4, -0.2) is 47.3 Å². The van der Waals surface area contributed by atoms with Gasteiger partial charge >= 0.3 is 0 Å². The molecule has 4 rings (SSSR count). The Morgan fingerprint density at radius 2 is 1.91 bits per heavy atom. The number of hydrogen-bond donors (Lipinski definition) is 1. The highest BCUT2D eigenvalue weighted by Crippen LogP contribution is 2.32. The maximum atomic E-state index is 12.7. The molecule has 0 aliphatic carbocycles. The summed E-state index contributed by atoms with van der Waals surface area (Å²) < 4.78 is 16.8. The van der Waals surface area contributed by atoms with Crippen LogP contribution in [0.2, 0.25) is 5.02 Å². The molecule has 0 aromatic heterocycles. The summed E-state index contributed by atoms with van der Waals surface area (Å²) in [5, 5.41) is 16.0. The molecule has 0 radical (unpaired) electrons. The standard InChI is InChI=1S/C24H23ClN4O4S/c1-14(2)23-28-29-21(26)19(22(30)27-24(29)34-23)12-15-11-16(25)7-8-20(15)33-10-9-32-18-6-4-5-17(13-18)31-3/h4-8,11-14,26H,9-10H2,1-3H3. The highest BCUT2D eigenvalue weighted by Gasteiger charge is 2.36. The molecule has 10 heteroatoms. The Balaban J connectivity index is 1.50. The summed E-state index contributed by atoms with van der Waals surface area (Å²) in [6, 6.07) is 12.4. The van der Waals surface area contributed by atoms with E-state index in [1.807, 2.05) is 32.0 Å². The zero-order chi connectivity index (χ0) is 24.2. The molecule has 2 aromatic carbocycles. The molecule has 0 atom stereocenters. The number of hydrazone groups is 1. The third-order valence-electron chi connectivity index (χ3n) is 4.89. The van der Waals surface area contributed by atoms with Crippen molar-refractivity contribution in [2.24, 2.45) is 16.0 Å². The highest BCUT2D eigenvalue weighted by atomic mass is 35.5. The van der Waals surface area contributed by atoms with Gasteiger partial charge in [-0.3, -0.25) is 10.2 Å². The summed E-state index contributed by atoms with van der Waals surface area (Å²) in [5.74, 6) is 1.50. The molecule has 2 aromatic rings. The lowest BCUT2D eigenvalue weighted by molar-refractivity contribution is -0.114. The molecule has 0 bridgehead atoms. The molecule has 0 saturated heterocycles. The molecular formula is C24H23ClN4O4S. The molecule has 2 aliphatic rings. The fourth-order valence-corrected chi connectivity index (χ4v) is 4.23. The number of ether oxygens (including phenoxy) is 3. The van der Waals surface area contributed by atoms with Gasteiger partial charge in [0.25, 0.3) is 5.91 Å². The number of aliphatic imine (C=N–C) groups is 1. The second-order valence-corrected chi connectivity index (χ2v) is 9.09. The molecular weight excluding hydrogens is 476 g/mol. The van der Waals surface area contributed by atoms with E-state index >= 15 is 0 Å². The number of thioether (sulfide) groups is 1. The van der Waals surface area contributed by atoms with Crippen molar-refractivity contribution in [2.45, 2.75) is 13.8 Å². The Labute approximate surface area is 206 Å². The average Bonchev–Trinajstić information content (AvgIpc) is 3.25. The molecule has 176 valence electrons. The molecule has 0 fully saturated rings. The van der Waals surface area contributed by atoms with E-state index in [9.17, 15) is 4.79 Å². The number of nitrogens with one attached hydrogen (secondary N) is 1. The molecule has 1 N–H and O–H groups in total. The van der Waals surface area contributed by atoms with E-state index in [-0.39, 0.29) is 23.9 Å². The number of benzene rings is 2. The van der Waals surface area contributed by atoms with Crippen LogP contribution in [0.15, 0.2) is 58.1 Å². The molecule has 2 heterocycles. The minimum Gasteiger partial charge on any atom is -0.497 e. The van der Waals surface area contributed by atoms with Crippen molar-refractivity contribution in [3.8, 4) is 17.2 Å². The Hall–Kier alpha value is -3.30. The van der Waals surface area contributed by atoms with Crippen molar-refractivity contribution in [1.29, 1.82) is 5.41 Å². The van der Waals surface area contributed by atoms with Crippen LogP contribution in [-0.2, 0) is 4.79 Å². The first-order valence-corrected chi connectivity index (χ1v) is 11.7. The summed E-state index contributed by atoms with van der Waals surface area (Å²) in [7, 11) is 1.60. The summed E-state index contributed by atoms with van der Waals surface area (Å²) in [6.45, 7) is 4.56. The Bertz CT molecular complexity index is 1230. The van der Waals surface area contributed by atoms with Crippen molar-refractivity contribution >= 4 is 51.4 Å². The molecule has 0 unspecified atom stereocenters. The van der Waals surface area contributed by atoms with E-state index < -0.39 is 5.91 Å². The summed E-state index contributed by atoms with van der Waals surface area (Å²) in [5.41, 5.74) is 0.665. The van der Waals surface area contributed by atoms with Crippen LogP contribution < -0.4 is 14.2 Å². The topological polar surface area (TPSA) is 96.6 Å². The van der Waals surface area contributed by atoms with Gasteiger partial charge < -0.3 is 14.2 Å². The molecule has 2 aliphatic heterocycles. The predicted molar refractivity (Wildman–Crippen MR) is 135 cm³/mol. The van der Waals surface area contributed by atoms with E-state index in [0.717, 1.165) is 5.04 Å². The molecule has 1 amide bonds. The summed E-state index contributed by atoms with van der Waals surface area (Å²) in [6.07, 6.45) is 1.56. The van der Waals surface area contributed by atoms with E-state index in [4.69, 9.17) is 31.2 Å². The minimum atomic E-state index is -0.503. The van der Waals surface area contributed by atoms with Crippen LogP contribution >= 0.6 is 23.4 Å². The van der Waals surface area contributed by atoms with Gasteiger partial charge in [0.05, 0.1) is 12.7 Å². The normalized spacial score (nSPS) is 16.5. The number of rotatable bonds is 8. The van der Waals surface area contributed by atoms with Crippen molar-refractivity contribution in [1.82, 2.24) is 5.01 Å². The highest BCUT2D eigenvalue weighted by molar-refractivity contribution is 8.27. The number of fused-ring (bicyclic) bond motifs is 1. The van der Waals surface area contributed by atoms with Crippen molar-refractivity contribution in [3.05, 3.63) is 58.6 Å². The maximum Gasteiger partial charge on any atom is 0.283 e. The first-order chi connectivity index (χ1) is 16.4.